The number of nitrogens with one attached hydrogen (secondary N) is 1. The van der Waals surface area contributed by atoms with E-state index < -0.39 is 6.55 Å². The molecule has 2 atom stereocenters. The van der Waals surface area contributed by atoms with Gasteiger partial charge in [0, 0.05) is 43.5 Å². The summed E-state index contributed by atoms with van der Waals surface area (Å²) in [7, 11) is 0. The van der Waals surface area contributed by atoms with Crippen LogP contribution in [0.5, 0.6) is 0 Å². The summed E-state index contributed by atoms with van der Waals surface area (Å²) in [6.45, 7) is -1.14. The van der Waals surface area contributed by atoms with Gasteiger partial charge in [-0.1, -0.05) is 0 Å². The average molecular weight is 413 g/mol. The Labute approximate surface area is 170 Å². The standard InChI is InChI=1S/C20H21F2N7O/c21-20(22)28-8-12(7-24-28)17-25-16-15(5-6-23-18(16)26-17)27-9-13-3-4-14(10-27)29(13)19(30)11-1-2-11/h5-8,11,13-14,20H,1-4,9-10H2,(H,23,25,26). The van der Waals surface area contributed by atoms with Crippen LogP contribution in [0.4, 0.5) is 14.5 Å². The second kappa shape index (κ2) is 6.48. The highest BCUT2D eigenvalue weighted by Gasteiger charge is 2.46. The van der Waals surface area contributed by atoms with Crippen molar-refractivity contribution in [2.45, 2.75) is 44.3 Å². The lowest BCUT2D eigenvalue weighted by Gasteiger charge is -2.42. The first-order chi connectivity index (χ1) is 14.6. The van der Waals surface area contributed by atoms with Crippen LogP contribution in [0.3, 0.4) is 0 Å². The molecule has 1 amide bonds. The summed E-state index contributed by atoms with van der Waals surface area (Å²) < 4.78 is 26.3. The van der Waals surface area contributed by atoms with Gasteiger partial charge in [-0.25, -0.2) is 14.6 Å². The third-order valence-corrected chi connectivity index (χ3v) is 6.44. The van der Waals surface area contributed by atoms with Crippen LogP contribution in [0.15, 0.2) is 24.7 Å². The maximum atomic E-state index is 12.9. The van der Waals surface area contributed by atoms with Crippen LogP contribution in [0.1, 0.15) is 32.2 Å². The van der Waals surface area contributed by atoms with E-state index in [4.69, 9.17) is 0 Å². The van der Waals surface area contributed by atoms with Crippen molar-refractivity contribution in [3.05, 3.63) is 24.7 Å². The zero-order chi connectivity index (χ0) is 20.4. The van der Waals surface area contributed by atoms with Crippen molar-refractivity contribution in [1.29, 1.82) is 0 Å². The van der Waals surface area contributed by atoms with Gasteiger partial charge in [-0.05, 0) is 31.7 Å². The van der Waals surface area contributed by atoms with Gasteiger partial charge in [0.15, 0.2) is 5.65 Å². The molecule has 2 unspecified atom stereocenters. The Morgan fingerprint density at radius 2 is 1.93 bits per heavy atom. The number of piperazine rings is 1. The maximum absolute atomic E-state index is 12.9. The number of nitrogens with zero attached hydrogens (tertiary/aromatic N) is 6. The third kappa shape index (κ3) is 2.77. The van der Waals surface area contributed by atoms with Crippen LogP contribution < -0.4 is 4.90 Å². The number of imidazole rings is 1. The number of hydrogen-bond acceptors (Lipinski definition) is 5. The Bertz CT molecular complexity index is 1110. The number of H-pyrrole nitrogens is 1. The van der Waals surface area contributed by atoms with Gasteiger partial charge in [0.25, 0.3) is 0 Å². The molecule has 0 aromatic carbocycles. The van der Waals surface area contributed by atoms with Gasteiger partial charge in [0.2, 0.25) is 5.91 Å². The number of amides is 1. The predicted octanol–water partition coefficient (Wildman–Crippen LogP) is 2.81. The third-order valence-electron chi connectivity index (χ3n) is 6.44. The van der Waals surface area contributed by atoms with Crippen LogP contribution >= 0.6 is 0 Å². The molecule has 8 nitrogen and oxygen atoms in total. The number of pyridine rings is 1. The van der Waals surface area contributed by atoms with Gasteiger partial charge in [0.05, 0.1) is 17.4 Å². The van der Waals surface area contributed by atoms with Crippen molar-refractivity contribution in [3.63, 3.8) is 0 Å². The Kier molecular flexibility index (Phi) is 3.84. The molecular formula is C20H21F2N7O. The molecule has 3 fully saturated rings. The van der Waals surface area contributed by atoms with Gasteiger partial charge in [0.1, 0.15) is 11.3 Å². The van der Waals surface area contributed by atoms with Gasteiger partial charge >= 0.3 is 6.55 Å². The summed E-state index contributed by atoms with van der Waals surface area (Å²) in [5, 5.41) is 3.69. The van der Waals surface area contributed by atoms with Crippen molar-refractivity contribution in [3.8, 4) is 11.4 Å². The lowest BCUT2D eigenvalue weighted by molar-refractivity contribution is -0.135. The van der Waals surface area contributed by atoms with Crippen molar-refractivity contribution in [2.24, 2.45) is 5.92 Å². The first kappa shape index (κ1) is 17.8. The van der Waals surface area contributed by atoms with E-state index in [-0.39, 0.29) is 18.0 Å². The van der Waals surface area contributed by atoms with E-state index in [1.165, 1.54) is 12.4 Å². The number of aromatic nitrogens is 5. The Morgan fingerprint density at radius 3 is 2.60 bits per heavy atom. The number of fused-ring (bicyclic) bond motifs is 3. The van der Waals surface area contributed by atoms with Crippen LogP contribution in [-0.2, 0) is 4.79 Å². The molecule has 30 heavy (non-hydrogen) atoms. The molecule has 10 heteroatoms. The van der Waals surface area contributed by atoms with Gasteiger partial charge in [-0.3, -0.25) is 4.79 Å². The highest BCUT2D eigenvalue weighted by atomic mass is 19.3. The molecule has 156 valence electrons. The van der Waals surface area contributed by atoms with Crippen LogP contribution in [0.25, 0.3) is 22.6 Å². The second-order valence-corrected chi connectivity index (χ2v) is 8.41. The number of alkyl halides is 2. The minimum absolute atomic E-state index is 0.239. The molecule has 2 aliphatic heterocycles. The van der Waals surface area contributed by atoms with E-state index in [0.717, 1.165) is 44.5 Å². The molecule has 2 saturated heterocycles. The predicted molar refractivity (Wildman–Crippen MR) is 105 cm³/mol. The molecule has 1 N–H and O–H groups in total. The van der Waals surface area contributed by atoms with E-state index in [1.54, 1.807) is 6.20 Å². The minimum atomic E-state index is -2.69. The van der Waals surface area contributed by atoms with E-state index in [1.807, 2.05) is 6.07 Å². The molecule has 1 saturated carbocycles. The molecule has 5 heterocycles. The lowest BCUT2D eigenvalue weighted by atomic mass is 10.1. The van der Waals surface area contributed by atoms with Crippen molar-refractivity contribution < 1.29 is 13.6 Å². The number of hydrogen-bond donors (Lipinski definition) is 1. The summed E-state index contributed by atoms with van der Waals surface area (Å²) in [5.41, 5.74) is 2.76. The highest BCUT2D eigenvalue weighted by molar-refractivity contribution is 5.89. The first-order valence-corrected chi connectivity index (χ1v) is 10.3. The molecular weight excluding hydrogens is 392 g/mol. The van der Waals surface area contributed by atoms with Crippen LogP contribution in [0.2, 0.25) is 0 Å². The second-order valence-electron chi connectivity index (χ2n) is 8.41. The van der Waals surface area contributed by atoms with Crippen molar-refractivity contribution >= 4 is 22.8 Å². The number of halogens is 2. The van der Waals surface area contributed by atoms with E-state index in [9.17, 15) is 13.6 Å². The fourth-order valence-electron chi connectivity index (χ4n) is 4.86. The quantitative estimate of drug-likeness (QED) is 0.711. The molecule has 3 aromatic heterocycles. The monoisotopic (exact) mass is 413 g/mol. The normalized spacial score (nSPS) is 23.7. The summed E-state index contributed by atoms with van der Waals surface area (Å²) in [6, 6.07) is 2.42. The number of carbonyl (C=O) groups is 1. The maximum Gasteiger partial charge on any atom is 0.333 e. The SMILES string of the molecule is O=C(C1CC1)N1C2CCC1CN(c1ccnc3[nH]c(-c4cnn(C(F)F)c4)nc13)C2. The van der Waals surface area contributed by atoms with Crippen LogP contribution in [-0.4, -0.2) is 60.7 Å². The Hall–Kier alpha value is -3.04. The number of rotatable bonds is 4. The Balaban J connectivity index is 1.31. The molecule has 1 aliphatic carbocycles. The van der Waals surface area contributed by atoms with Gasteiger partial charge in [-0.15, -0.1) is 0 Å². The minimum Gasteiger partial charge on any atom is -0.365 e. The molecule has 2 bridgehead atoms. The zero-order valence-corrected chi connectivity index (χ0v) is 16.2. The molecule has 0 spiro atoms. The van der Waals surface area contributed by atoms with Crippen molar-refractivity contribution in [2.75, 3.05) is 18.0 Å². The van der Waals surface area contributed by atoms with Gasteiger partial charge in [-0.2, -0.15) is 13.9 Å². The van der Waals surface area contributed by atoms with E-state index >= 15 is 0 Å². The largest absolute Gasteiger partial charge is 0.365 e. The Morgan fingerprint density at radius 1 is 1.17 bits per heavy atom. The topological polar surface area (TPSA) is 82.9 Å². The zero-order valence-electron chi connectivity index (χ0n) is 16.2. The van der Waals surface area contributed by atoms with Gasteiger partial charge < -0.3 is 14.8 Å². The van der Waals surface area contributed by atoms with E-state index in [0.29, 0.717) is 33.1 Å². The first-order valence-electron chi connectivity index (χ1n) is 10.3. The number of anilines is 1. The molecule has 3 aliphatic rings. The highest BCUT2D eigenvalue weighted by Crippen LogP contribution is 2.39. The van der Waals surface area contributed by atoms with Crippen molar-refractivity contribution in [1.82, 2.24) is 29.6 Å². The van der Waals surface area contributed by atoms with E-state index in [2.05, 4.69) is 29.9 Å². The fraction of sp³-hybridized carbons (Fsp3) is 0.500. The number of aromatic amines is 1. The van der Waals surface area contributed by atoms with Crippen LogP contribution in [0, 0.1) is 5.92 Å². The summed E-state index contributed by atoms with van der Waals surface area (Å²) in [5.74, 6) is 1.04. The average Bonchev–Trinajstić information content (AvgIpc) is 3.19. The fourth-order valence-corrected chi connectivity index (χ4v) is 4.86. The molecule has 6 rings (SSSR count). The summed E-state index contributed by atoms with van der Waals surface area (Å²) in [4.78, 5) is 29.3. The summed E-state index contributed by atoms with van der Waals surface area (Å²) in [6.07, 6.45) is 8.49. The number of carbonyl (C=O) groups excluding carboxylic acids is 1. The smallest absolute Gasteiger partial charge is 0.333 e. The lowest BCUT2D eigenvalue weighted by Crippen LogP contribution is -2.56. The molecule has 0 radical (unpaired) electrons. The summed E-state index contributed by atoms with van der Waals surface area (Å²) >= 11 is 0. The molecule has 3 aromatic rings.